The molecule has 0 radical (unpaired) electrons. The Morgan fingerprint density at radius 3 is 2.61 bits per heavy atom. The first-order valence-electron chi connectivity index (χ1n) is 6.00. The van der Waals surface area contributed by atoms with Gasteiger partial charge in [-0.1, -0.05) is 23.8 Å². The summed E-state index contributed by atoms with van der Waals surface area (Å²) in [6, 6.07) is 13.3. The lowest BCUT2D eigenvalue weighted by atomic mass is 10.1. The van der Waals surface area contributed by atoms with E-state index in [0.717, 1.165) is 17.7 Å². The average Bonchev–Trinajstić information content (AvgIpc) is 2.40. The average molecular weight is 240 g/mol. The molecule has 1 amide bonds. The summed E-state index contributed by atoms with van der Waals surface area (Å²) in [6.07, 6.45) is 2.51. The molecule has 0 fully saturated rings. The molecule has 3 nitrogen and oxygen atoms in total. The molecule has 0 unspecified atom stereocenters. The van der Waals surface area contributed by atoms with Crippen LogP contribution >= 0.6 is 0 Å². The molecule has 0 spiro atoms. The van der Waals surface area contributed by atoms with Gasteiger partial charge in [0.2, 0.25) is 0 Å². The van der Waals surface area contributed by atoms with Crippen molar-refractivity contribution < 1.29 is 4.79 Å². The third kappa shape index (κ3) is 3.42. The zero-order chi connectivity index (χ0) is 12.8. The molecule has 0 saturated carbocycles. The summed E-state index contributed by atoms with van der Waals surface area (Å²) in [6.45, 7) is 2.60. The monoisotopic (exact) mass is 240 g/mol. The fourth-order valence-corrected chi connectivity index (χ4v) is 1.66. The summed E-state index contributed by atoms with van der Waals surface area (Å²) in [5.74, 6) is -0.0362. The van der Waals surface area contributed by atoms with Gasteiger partial charge in [0.15, 0.2) is 0 Å². The van der Waals surface area contributed by atoms with Gasteiger partial charge in [-0.3, -0.25) is 9.78 Å². The molecule has 0 bridgehead atoms. The second-order valence-electron chi connectivity index (χ2n) is 4.19. The molecule has 92 valence electrons. The topological polar surface area (TPSA) is 42.0 Å². The summed E-state index contributed by atoms with van der Waals surface area (Å²) >= 11 is 0. The van der Waals surface area contributed by atoms with Crippen LogP contribution < -0.4 is 5.32 Å². The lowest BCUT2D eigenvalue weighted by molar-refractivity contribution is 0.0954. The van der Waals surface area contributed by atoms with Gasteiger partial charge in [-0.2, -0.15) is 0 Å². The Hall–Kier alpha value is -2.16. The van der Waals surface area contributed by atoms with Gasteiger partial charge in [-0.05, 0) is 31.2 Å². The van der Waals surface area contributed by atoms with Crippen LogP contribution in [-0.2, 0) is 6.42 Å². The SMILES string of the molecule is Cc1ccc(C(=O)NCCc2ccccn2)cc1. The van der Waals surface area contributed by atoms with Crippen molar-refractivity contribution in [3.8, 4) is 0 Å². The number of hydrogen-bond acceptors (Lipinski definition) is 2. The van der Waals surface area contributed by atoms with Crippen molar-refractivity contribution in [3.05, 3.63) is 65.5 Å². The molecule has 0 saturated heterocycles. The van der Waals surface area contributed by atoms with E-state index in [1.165, 1.54) is 0 Å². The molecule has 1 heterocycles. The highest BCUT2D eigenvalue weighted by Crippen LogP contribution is 2.02. The van der Waals surface area contributed by atoms with Gasteiger partial charge in [0, 0.05) is 30.4 Å². The molecule has 0 aliphatic rings. The number of carbonyl (C=O) groups is 1. The molecule has 3 heteroatoms. The smallest absolute Gasteiger partial charge is 0.251 e. The Labute approximate surface area is 107 Å². The number of rotatable bonds is 4. The van der Waals surface area contributed by atoms with E-state index < -0.39 is 0 Å². The first-order chi connectivity index (χ1) is 8.75. The Bertz CT molecular complexity index is 506. The fourth-order valence-electron chi connectivity index (χ4n) is 1.66. The highest BCUT2D eigenvalue weighted by molar-refractivity contribution is 5.94. The standard InChI is InChI=1S/C15H16N2O/c1-12-5-7-13(8-6-12)15(18)17-11-9-14-4-2-3-10-16-14/h2-8,10H,9,11H2,1H3,(H,17,18). The highest BCUT2D eigenvalue weighted by atomic mass is 16.1. The van der Waals surface area contributed by atoms with Gasteiger partial charge in [0.25, 0.3) is 5.91 Å². The Morgan fingerprint density at radius 2 is 1.94 bits per heavy atom. The molecule has 0 aliphatic heterocycles. The van der Waals surface area contributed by atoms with Crippen molar-refractivity contribution in [1.29, 1.82) is 0 Å². The van der Waals surface area contributed by atoms with Crippen LogP contribution in [0.15, 0.2) is 48.7 Å². The van der Waals surface area contributed by atoms with E-state index in [2.05, 4.69) is 10.3 Å². The van der Waals surface area contributed by atoms with Gasteiger partial charge in [-0.25, -0.2) is 0 Å². The van der Waals surface area contributed by atoms with Crippen LogP contribution in [0.3, 0.4) is 0 Å². The summed E-state index contributed by atoms with van der Waals surface area (Å²) < 4.78 is 0. The largest absolute Gasteiger partial charge is 0.352 e. The number of pyridine rings is 1. The molecule has 18 heavy (non-hydrogen) atoms. The molecular formula is C15H16N2O. The lowest BCUT2D eigenvalue weighted by Gasteiger charge is -2.05. The van der Waals surface area contributed by atoms with Crippen LogP contribution in [0, 0.1) is 6.92 Å². The van der Waals surface area contributed by atoms with Crippen LogP contribution in [0.1, 0.15) is 21.6 Å². The molecule has 1 N–H and O–H groups in total. The number of nitrogens with zero attached hydrogens (tertiary/aromatic N) is 1. The molecule has 2 rings (SSSR count). The van der Waals surface area contributed by atoms with Crippen molar-refractivity contribution >= 4 is 5.91 Å². The van der Waals surface area contributed by atoms with Crippen LogP contribution in [0.25, 0.3) is 0 Å². The van der Waals surface area contributed by atoms with E-state index in [1.54, 1.807) is 6.20 Å². The summed E-state index contributed by atoms with van der Waals surface area (Å²) in [4.78, 5) is 16.0. The molecule has 2 aromatic rings. The van der Waals surface area contributed by atoms with E-state index in [4.69, 9.17) is 0 Å². The number of hydrogen-bond donors (Lipinski definition) is 1. The van der Waals surface area contributed by atoms with E-state index in [9.17, 15) is 4.79 Å². The number of carbonyl (C=O) groups excluding carboxylic acids is 1. The van der Waals surface area contributed by atoms with E-state index in [-0.39, 0.29) is 5.91 Å². The van der Waals surface area contributed by atoms with E-state index >= 15 is 0 Å². The Morgan fingerprint density at radius 1 is 1.17 bits per heavy atom. The summed E-state index contributed by atoms with van der Waals surface area (Å²) in [7, 11) is 0. The first-order valence-corrected chi connectivity index (χ1v) is 6.00. The van der Waals surface area contributed by atoms with Crippen LogP contribution in [0.5, 0.6) is 0 Å². The lowest BCUT2D eigenvalue weighted by Crippen LogP contribution is -2.25. The minimum atomic E-state index is -0.0362. The molecule has 1 aromatic heterocycles. The maximum Gasteiger partial charge on any atom is 0.251 e. The van der Waals surface area contributed by atoms with Crippen LogP contribution in [0.2, 0.25) is 0 Å². The molecule has 1 aromatic carbocycles. The number of aryl methyl sites for hydroxylation is 1. The maximum atomic E-state index is 11.8. The second-order valence-corrected chi connectivity index (χ2v) is 4.19. The van der Waals surface area contributed by atoms with Gasteiger partial charge in [0.1, 0.15) is 0 Å². The zero-order valence-corrected chi connectivity index (χ0v) is 10.4. The molecular weight excluding hydrogens is 224 g/mol. The number of aromatic nitrogens is 1. The quantitative estimate of drug-likeness (QED) is 0.891. The fraction of sp³-hybridized carbons (Fsp3) is 0.200. The predicted octanol–water partition coefficient (Wildman–Crippen LogP) is 2.36. The normalized spacial score (nSPS) is 10.1. The van der Waals surface area contributed by atoms with Crippen molar-refractivity contribution in [3.63, 3.8) is 0 Å². The molecule has 0 atom stereocenters. The van der Waals surface area contributed by atoms with E-state index in [0.29, 0.717) is 12.1 Å². The predicted molar refractivity (Wildman–Crippen MR) is 71.5 cm³/mol. The van der Waals surface area contributed by atoms with E-state index in [1.807, 2.05) is 49.4 Å². The highest BCUT2D eigenvalue weighted by Gasteiger charge is 2.03. The van der Waals surface area contributed by atoms with Crippen molar-refractivity contribution in [2.45, 2.75) is 13.3 Å². The second kappa shape index (κ2) is 5.96. The van der Waals surface area contributed by atoms with Crippen molar-refractivity contribution in [2.75, 3.05) is 6.54 Å². The van der Waals surface area contributed by atoms with Gasteiger partial charge in [-0.15, -0.1) is 0 Å². The van der Waals surface area contributed by atoms with Gasteiger partial charge >= 0.3 is 0 Å². The van der Waals surface area contributed by atoms with Gasteiger partial charge < -0.3 is 5.32 Å². The Kier molecular flexibility index (Phi) is 4.07. The third-order valence-electron chi connectivity index (χ3n) is 2.71. The molecule has 0 aliphatic carbocycles. The van der Waals surface area contributed by atoms with Gasteiger partial charge in [0.05, 0.1) is 0 Å². The zero-order valence-electron chi connectivity index (χ0n) is 10.4. The van der Waals surface area contributed by atoms with Crippen LogP contribution in [-0.4, -0.2) is 17.4 Å². The number of amides is 1. The summed E-state index contributed by atoms with van der Waals surface area (Å²) in [5.41, 5.74) is 2.84. The minimum Gasteiger partial charge on any atom is -0.352 e. The Balaban J connectivity index is 1.84. The van der Waals surface area contributed by atoms with Crippen molar-refractivity contribution in [2.24, 2.45) is 0 Å². The summed E-state index contributed by atoms with van der Waals surface area (Å²) in [5, 5.41) is 2.89. The third-order valence-corrected chi connectivity index (χ3v) is 2.71. The number of benzene rings is 1. The maximum absolute atomic E-state index is 11.8. The van der Waals surface area contributed by atoms with Crippen LogP contribution in [0.4, 0.5) is 0 Å². The number of nitrogens with one attached hydrogen (secondary N) is 1. The minimum absolute atomic E-state index is 0.0362. The van der Waals surface area contributed by atoms with Crippen molar-refractivity contribution in [1.82, 2.24) is 10.3 Å². The first kappa shape index (κ1) is 12.3.